The average Bonchev–Trinajstić information content (AvgIpc) is 2.80. The molecule has 0 radical (unpaired) electrons. The van der Waals surface area contributed by atoms with Crippen molar-refractivity contribution in [1.82, 2.24) is 4.57 Å². The molecule has 1 nitrogen and oxygen atoms in total. The maximum Gasteiger partial charge on any atom is 0.0927 e. The Morgan fingerprint density at radius 1 is 1.05 bits per heavy atom. The van der Waals surface area contributed by atoms with Gasteiger partial charge >= 0.3 is 0 Å². The van der Waals surface area contributed by atoms with Crippen LogP contribution in [0.2, 0.25) is 0 Å². The Morgan fingerprint density at radius 3 is 2.58 bits per heavy atom. The number of fused-ring (bicyclic) bond motifs is 1. The fourth-order valence-corrected chi connectivity index (χ4v) is 2.42. The Labute approximate surface area is 115 Å². The van der Waals surface area contributed by atoms with Gasteiger partial charge in [0.05, 0.1) is 5.69 Å². The fourth-order valence-electron chi connectivity index (χ4n) is 2.42. The topological polar surface area (TPSA) is 4.93 Å². The first-order valence-electron chi connectivity index (χ1n) is 6.86. The number of aryl methyl sites for hydroxylation is 1. The summed E-state index contributed by atoms with van der Waals surface area (Å²) < 4.78 is 2.23. The zero-order valence-electron chi connectivity index (χ0n) is 11.4. The highest BCUT2D eigenvalue weighted by molar-refractivity contribution is 5.83. The van der Waals surface area contributed by atoms with E-state index in [1.54, 1.807) is 0 Å². The minimum absolute atomic E-state index is 0.902. The summed E-state index contributed by atoms with van der Waals surface area (Å²) in [5.74, 6) is 5.44. The van der Waals surface area contributed by atoms with E-state index in [0.29, 0.717) is 0 Å². The first-order valence-corrected chi connectivity index (χ1v) is 6.86. The lowest BCUT2D eigenvalue weighted by atomic mass is 10.1. The third kappa shape index (κ3) is 2.83. The van der Waals surface area contributed by atoms with Crippen molar-refractivity contribution in [3.05, 3.63) is 35.5 Å². The molecule has 0 fully saturated rings. The molecular weight excluding hydrogens is 230 g/mol. The molecule has 0 N–H and O–H groups in total. The molecule has 0 spiro atoms. The summed E-state index contributed by atoms with van der Waals surface area (Å²) in [7, 11) is 0. The van der Waals surface area contributed by atoms with E-state index in [2.05, 4.69) is 35.5 Å². The van der Waals surface area contributed by atoms with Crippen molar-refractivity contribution in [2.24, 2.45) is 0 Å². The summed E-state index contributed by atoms with van der Waals surface area (Å²) in [5, 5.41) is 1.14. The van der Waals surface area contributed by atoms with Gasteiger partial charge in [-0.3, -0.25) is 0 Å². The highest BCUT2D eigenvalue weighted by Gasteiger charge is 2.07. The number of hydrogen-bond acceptors (Lipinski definition) is 0. The van der Waals surface area contributed by atoms with Crippen molar-refractivity contribution in [2.75, 3.05) is 0 Å². The summed E-state index contributed by atoms with van der Waals surface area (Å²) in [6.45, 7) is 3.21. The van der Waals surface area contributed by atoms with Crippen LogP contribution in [0.15, 0.2) is 24.3 Å². The second kappa shape index (κ2) is 6.17. The van der Waals surface area contributed by atoms with E-state index in [-0.39, 0.29) is 0 Å². The van der Waals surface area contributed by atoms with Gasteiger partial charge in [-0.25, -0.2) is 0 Å². The van der Waals surface area contributed by atoms with E-state index >= 15 is 0 Å². The minimum Gasteiger partial charge on any atom is -0.334 e. The molecule has 0 amide bonds. The van der Waals surface area contributed by atoms with Gasteiger partial charge < -0.3 is 4.57 Å². The van der Waals surface area contributed by atoms with E-state index < -0.39 is 0 Å². The number of rotatable bonds is 5. The third-order valence-electron chi connectivity index (χ3n) is 3.45. The van der Waals surface area contributed by atoms with Gasteiger partial charge in [0.25, 0.3) is 0 Å². The largest absolute Gasteiger partial charge is 0.334 e. The predicted molar refractivity (Wildman–Crippen MR) is 82.0 cm³/mol. The Balaban J connectivity index is 2.31. The van der Waals surface area contributed by atoms with Crippen LogP contribution in [-0.2, 0) is 6.54 Å². The molecule has 0 atom stereocenters. The van der Waals surface area contributed by atoms with E-state index in [4.69, 9.17) is 12.8 Å². The van der Waals surface area contributed by atoms with E-state index in [9.17, 15) is 0 Å². The molecule has 2 aromatic rings. The molecule has 0 unspecified atom stereocenters. The van der Waals surface area contributed by atoms with Gasteiger partial charge in [0.15, 0.2) is 0 Å². The fraction of sp³-hybridized carbons (Fsp3) is 0.333. The van der Waals surface area contributed by atoms with Gasteiger partial charge in [0.1, 0.15) is 0 Å². The molecule has 0 bridgehead atoms. The van der Waals surface area contributed by atoms with Gasteiger partial charge in [0.2, 0.25) is 0 Å². The molecular formula is C18H19N. The Morgan fingerprint density at radius 2 is 1.89 bits per heavy atom. The van der Waals surface area contributed by atoms with Crippen LogP contribution in [-0.4, -0.2) is 4.57 Å². The van der Waals surface area contributed by atoms with Crippen LogP contribution in [0.5, 0.6) is 0 Å². The van der Waals surface area contributed by atoms with Crippen molar-refractivity contribution < 1.29 is 0 Å². The third-order valence-corrected chi connectivity index (χ3v) is 3.45. The first-order chi connectivity index (χ1) is 9.30. The van der Waals surface area contributed by atoms with Crippen molar-refractivity contribution in [2.45, 2.75) is 39.2 Å². The lowest BCUT2D eigenvalue weighted by Gasteiger charge is -2.07. The molecule has 2 rings (SSSR count). The monoisotopic (exact) mass is 249 g/mol. The maximum absolute atomic E-state index is 5.60. The summed E-state index contributed by atoms with van der Waals surface area (Å²) in [6.07, 6.45) is 16.0. The van der Waals surface area contributed by atoms with E-state index in [1.165, 1.54) is 31.2 Å². The van der Waals surface area contributed by atoms with Gasteiger partial charge in [-0.1, -0.05) is 38.0 Å². The number of aromatic nitrogens is 1. The Hall–Kier alpha value is -2.12. The Bertz CT molecular complexity index is 647. The number of unbranched alkanes of at least 4 members (excludes halogenated alkanes) is 3. The molecule has 0 aliphatic carbocycles. The standard InChI is InChI=1S/C18H19N/c1-4-7-8-9-12-19-17(6-3)14-16-13-15(5-2)10-11-18(16)19/h2-3,10-11,13-14H,4,7-9,12H2,1H3. The molecule has 19 heavy (non-hydrogen) atoms. The van der Waals surface area contributed by atoms with Crippen LogP contribution in [0, 0.1) is 24.7 Å². The lowest BCUT2D eigenvalue weighted by molar-refractivity contribution is 0.591. The Kier molecular flexibility index (Phi) is 4.32. The second-order valence-electron chi connectivity index (χ2n) is 4.80. The van der Waals surface area contributed by atoms with Crippen LogP contribution >= 0.6 is 0 Å². The highest BCUT2D eigenvalue weighted by atomic mass is 15.0. The average molecular weight is 249 g/mol. The van der Waals surface area contributed by atoms with Crippen molar-refractivity contribution in [3.63, 3.8) is 0 Å². The number of terminal acetylenes is 2. The second-order valence-corrected chi connectivity index (χ2v) is 4.80. The van der Waals surface area contributed by atoms with Crippen molar-refractivity contribution in [1.29, 1.82) is 0 Å². The van der Waals surface area contributed by atoms with Crippen LogP contribution in [0.3, 0.4) is 0 Å². The molecule has 0 saturated carbocycles. The van der Waals surface area contributed by atoms with Crippen LogP contribution in [0.4, 0.5) is 0 Å². The van der Waals surface area contributed by atoms with Gasteiger partial charge in [-0.05, 0) is 30.7 Å². The molecule has 96 valence electrons. The molecule has 1 aromatic heterocycles. The van der Waals surface area contributed by atoms with Crippen LogP contribution < -0.4 is 0 Å². The zero-order valence-corrected chi connectivity index (χ0v) is 11.4. The zero-order chi connectivity index (χ0) is 13.7. The van der Waals surface area contributed by atoms with Gasteiger partial charge in [-0.15, -0.1) is 12.8 Å². The van der Waals surface area contributed by atoms with Crippen molar-refractivity contribution >= 4 is 10.9 Å². The molecule has 0 aliphatic rings. The van der Waals surface area contributed by atoms with E-state index in [0.717, 1.165) is 23.2 Å². The first kappa shape index (κ1) is 13.3. The summed E-state index contributed by atoms with van der Waals surface area (Å²) >= 11 is 0. The van der Waals surface area contributed by atoms with Crippen LogP contribution in [0.25, 0.3) is 10.9 Å². The molecule has 1 heterocycles. The molecule has 0 aliphatic heterocycles. The SMILES string of the molecule is C#Cc1ccc2c(c1)cc(C#C)n2CCCCCC. The number of hydrogen-bond donors (Lipinski definition) is 0. The van der Waals surface area contributed by atoms with Gasteiger partial charge in [0, 0.05) is 23.0 Å². The predicted octanol–water partition coefficient (Wildman–Crippen LogP) is 4.18. The summed E-state index contributed by atoms with van der Waals surface area (Å²) in [5.41, 5.74) is 3.03. The molecule has 0 saturated heterocycles. The minimum atomic E-state index is 0.902. The number of benzene rings is 1. The number of nitrogens with zero attached hydrogens (tertiary/aromatic N) is 1. The maximum atomic E-state index is 5.60. The highest BCUT2D eigenvalue weighted by Crippen LogP contribution is 2.21. The molecule has 1 aromatic carbocycles. The van der Waals surface area contributed by atoms with Gasteiger partial charge in [-0.2, -0.15) is 0 Å². The molecule has 1 heteroatoms. The van der Waals surface area contributed by atoms with Crippen LogP contribution in [0.1, 0.15) is 43.9 Å². The summed E-state index contributed by atoms with van der Waals surface area (Å²) in [4.78, 5) is 0. The van der Waals surface area contributed by atoms with Crippen molar-refractivity contribution in [3.8, 4) is 24.7 Å². The smallest absolute Gasteiger partial charge is 0.0927 e. The lowest BCUT2D eigenvalue weighted by Crippen LogP contribution is -2.00. The normalized spacial score (nSPS) is 10.3. The quantitative estimate of drug-likeness (QED) is 0.553. The van der Waals surface area contributed by atoms with E-state index in [1.807, 2.05) is 12.1 Å². The summed E-state index contributed by atoms with van der Waals surface area (Å²) in [6, 6.07) is 8.13.